The minimum absolute atomic E-state index is 0.111. The van der Waals surface area contributed by atoms with Gasteiger partial charge in [0, 0.05) is 44.5 Å². The van der Waals surface area contributed by atoms with Gasteiger partial charge in [0.1, 0.15) is 0 Å². The molecule has 2 heterocycles. The van der Waals surface area contributed by atoms with Crippen molar-refractivity contribution in [2.45, 2.75) is 25.2 Å². The number of benzene rings is 14. The molecule has 0 spiro atoms. The van der Waals surface area contributed by atoms with Crippen LogP contribution in [0.4, 0.5) is 0 Å². The lowest BCUT2D eigenvalue weighted by molar-refractivity contribution is 0.665. The van der Waals surface area contributed by atoms with Gasteiger partial charge in [-0.2, -0.15) is 0 Å². The van der Waals surface area contributed by atoms with Gasteiger partial charge in [-0.25, -0.2) is 9.97 Å². The molecule has 17 rings (SSSR count). The van der Waals surface area contributed by atoms with Crippen LogP contribution in [-0.4, -0.2) is 14.5 Å². The van der Waals surface area contributed by atoms with Crippen molar-refractivity contribution in [2.24, 2.45) is 0 Å². The Balaban J connectivity index is 0.987. The average molecular weight is 1080 g/mol. The molecule has 0 saturated heterocycles. The molecular formula is C82H55N3. The summed E-state index contributed by atoms with van der Waals surface area (Å²) in [7, 11) is 0. The van der Waals surface area contributed by atoms with Gasteiger partial charge in [-0.3, -0.25) is 0 Å². The van der Waals surface area contributed by atoms with Crippen molar-refractivity contribution in [2.75, 3.05) is 0 Å². The molecule has 0 radical (unpaired) electrons. The SMILES string of the molecule is CC1(C)c2cc3c4ccccc4c4ccccc4c3cc2-c2c1c1c(c3ccccc23)c2cc(C(c3ccccc3-c3ccccc3)c3cccc4ccccc34)ccc2n1-c1cccc(-c2nc(-c3ccccc3)cc(-c3ccccc3)n2)c1. The molecule has 1 aliphatic rings. The standard InChI is InChI=1S/C82H55N3/c1-82(2)72-49-69-63-39-18-16-37-61(63)60-36-15-17-38-62(60)68(69)48-70(72)77-66-41-20-21-42-67(66)78-71-47-55(76(65-43-23-31-52-26-12-13-34-59(52)65)64-40-19-14-35-58(64)51-24-6-3-7-25-51)44-45-75(71)85(80(78)79(77)82)57-33-22-32-56(46-57)81-83-73(53-27-8-4-9-28-53)50-74(84-81)54-29-10-5-11-30-54/h3-50,76H,1-2H3. The van der Waals surface area contributed by atoms with E-state index in [1.54, 1.807) is 0 Å². The van der Waals surface area contributed by atoms with Crippen LogP contribution in [0.1, 0.15) is 47.6 Å². The number of hydrogen-bond donors (Lipinski definition) is 0. The zero-order valence-electron chi connectivity index (χ0n) is 47.1. The van der Waals surface area contributed by atoms with Crippen molar-refractivity contribution in [1.82, 2.24) is 14.5 Å². The van der Waals surface area contributed by atoms with E-state index in [9.17, 15) is 0 Å². The highest BCUT2D eigenvalue weighted by Crippen LogP contribution is 2.58. The van der Waals surface area contributed by atoms with E-state index in [-0.39, 0.29) is 5.92 Å². The topological polar surface area (TPSA) is 30.7 Å². The molecule has 0 fully saturated rings. The predicted octanol–water partition coefficient (Wildman–Crippen LogP) is 21.5. The first kappa shape index (κ1) is 48.9. The number of fused-ring (bicyclic) bond motifs is 17. The summed E-state index contributed by atoms with van der Waals surface area (Å²) in [4.78, 5) is 10.8. The summed E-state index contributed by atoms with van der Waals surface area (Å²) in [5.41, 5.74) is 19.2. The summed E-state index contributed by atoms with van der Waals surface area (Å²) in [5.74, 6) is 0.564. The van der Waals surface area contributed by atoms with Gasteiger partial charge >= 0.3 is 0 Å². The molecule has 14 aromatic carbocycles. The molecule has 0 N–H and O–H groups in total. The molecular weight excluding hydrogens is 1030 g/mol. The second kappa shape index (κ2) is 19.2. The molecule has 3 nitrogen and oxygen atoms in total. The Hall–Kier alpha value is -10.7. The summed E-state index contributed by atoms with van der Waals surface area (Å²) in [6, 6.07) is 107. The highest BCUT2D eigenvalue weighted by molar-refractivity contribution is 6.30. The van der Waals surface area contributed by atoms with Crippen LogP contribution >= 0.6 is 0 Å². The summed E-state index contributed by atoms with van der Waals surface area (Å²) in [6.45, 7) is 4.94. The first-order valence-electron chi connectivity index (χ1n) is 29.6. The Morgan fingerprint density at radius 1 is 0.353 bits per heavy atom. The van der Waals surface area contributed by atoms with E-state index < -0.39 is 5.41 Å². The van der Waals surface area contributed by atoms with Gasteiger partial charge in [0.25, 0.3) is 0 Å². The van der Waals surface area contributed by atoms with Crippen LogP contribution in [0, 0.1) is 0 Å². The number of hydrogen-bond acceptors (Lipinski definition) is 2. The van der Waals surface area contributed by atoms with Gasteiger partial charge in [0.05, 0.1) is 22.4 Å². The molecule has 1 aliphatic carbocycles. The molecule has 1 unspecified atom stereocenters. The van der Waals surface area contributed by atoms with E-state index in [4.69, 9.17) is 9.97 Å². The Bertz CT molecular complexity index is 5320. The van der Waals surface area contributed by atoms with E-state index in [1.807, 2.05) is 0 Å². The zero-order chi connectivity index (χ0) is 56.3. The summed E-state index contributed by atoms with van der Waals surface area (Å²) >= 11 is 0. The molecule has 398 valence electrons. The maximum absolute atomic E-state index is 5.38. The van der Waals surface area contributed by atoms with E-state index in [1.165, 1.54) is 120 Å². The van der Waals surface area contributed by atoms with Crippen LogP contribution < -0.4 is 0 Å². The van der Waals surface area contributed by atoms with Crippen molar-refractivity contribution >= 4 is 75.7 Å². The van der Waals surface area contributed by atoms with E-state index >= 15 is 0 Å². The van der Waals surface area contributed by atoms with Crippen molar-refractivity contribution < 1.29 is 0 Å². The van der Waals surface area contributed by atoms with E-state index in [0.29, 0.717) is 5.82 Å². The lowest BCUT2D eigenvalue weighted by atomic mass is 9.79. The highest BCUT2D eigenvalue weighted by atomic mass is 15.0. The second-order valence-electron chi connectivity index (χ2n) is 23.5. The van der Waals surface area contributed by atoms with Gasteiger partial charge in [0.2, 0.25) is 0 Å². The van der Waals surface area contributed by atoms with Crippen LogP contribution in [0.5, 0.6) is 0 Å². The van der Waals surface area contributed by atoms with Crippen molar-refractivity contribution in [3.8, 4) is 61.8 Å². The van der Waals surface area contributed by atoms with Gasteiger partial charge in [-0.1, -0.05) is 263 Å². The van der Waals surface area contributed by atoms with Crippen LogP contribution in [0.3, 0.4) is 0 Å². The molecule has 16 aromatic rings. The van der Waals surface area contributed by atoms with Crippen LogP contribution in [-0.2, 0) is 5.41 Å². The maximum Gasteiger partial charge on any atom is 0.160 e. The minimum atomic E-state index is -0.432. The zero-order valence-corrected chi connectivity index (χ0v) is 47.1. The molecule has 3 heteroatoms. The van der Waals surface area contributed by atoms with E-state index in [0.717, 1.165) is 39.3 Å². The smallest absolute Gasteiger partial charge is 0.160 e. The third-order valence-corrected chi connectivity index (χ3v) is 18.4. The molecule has 0 amide bonds. The normalized spacial score (nSPS) is 13.1. The molecule has 2 aromatic heterocycles. The monoisotopic (exact) mass is 1080 g/mol. The van der Waals surface area contributed by atoms with Gasteiger partial charge in [0.15, 0.2) is 5.82 Å². The molecule has 85 heavy (non-hydrogen) atoms. The Kier molecular flexibility index (Phi) is 11.0. The highest BCUT2D eigenvalue weighted by Gasteiger charge is 2.41. The van der Waals surface area contributed by atoms with Gasteiger partial charge in [-0.05, 0) is 146 Å². The fraction of sp³-hybridized carbons (Fsp3) is 0.0488. The largest absolute Gasteiger partial charge is 0.309 e. The fourth-order valence-electron chi connectivity index (χ4n) is 14.7. The number of rotatable bonds is 8. The lowest BCUT2D eigenvalue weighted by Crippen LogP contribution is -2.17. The second-order valence-corrected chi connectivity index (χ2v) is 23.5. The number of aromatic nitrogens is 3. The minimum Gasteiger partial charge on any atom is -0.309 e. The first-order chi connectivity index (χ1) is 41.9. The average Bonchev–Trinajstić information content (AvgIpc) is 1.55. The van der Waals surface area contributed by atoms with Crippen LogP contribution in [0.25, 0.3) is 138 Å². The summed E-state index contributed by atoms with van der Waals surface area (Å²) < 4.78 is 2.59. The third-order valence-electron chi connectivity index (χ3n) is 18.4. The van der Waals surface area contributed by atoms with E-state index in [2.05, 4.69) is 310 Å². The first-order valence-corrected chi connectivity index (χ1v) is 29.6. The molecule has 0 aliphatic heterocycles. The Morgan fingerprint density at radius 2 is 0.871 bits per heavy atom. The molecule has 0 saturated carbocycles. The Morgan fingerprint density at radius 3 is 1.55 bits per heavy atom. The van der Waals surface area contributed by atoms with Crippen molar-refractivity contribution in [3.63, 3.8) is 0 Å². The predicted molar refractivity (Wildman–Crippen MR) is 357 cm³/mol. The van der Waals surface area contributed by atoms with Gasteiger partial charge < -0.3 is 4.57 Å². The molecule has 1 atom stereocenters. The van der Waals surface area contributed by atoms with Crippen molar-refractivity contribution in [1.29, 1.82) is 0 Å². The van der Waals surface area contributed by atoms with Gasteiger partial charge in [-0.15, -0.1) is 0 Å². The summed E-state index contributed by atoms with van der Waals surface area (Å²) in [6.07, 6.45) is 0. The Labute approximate surface area is 493 Å². The lowest BCUT2D eigenvalue weighted by Gasteiger charge is -2.25. The van der Waals surface area contributed by atoms with Crippen LogP contribution in [0.2, 0.25) is 0 Å². The fourth-order valence-corrected chi connectivity index (χ4v) is 14.7. The van der Waals surface area contributed by atoms with Crippen LogP contribution in [0.15, 0.2) is 291 Å². The van der Waals surface area contributed by atoms with Crippen molar-refractivity contribution in [3.05, 3.63) is 319 Å². The maximum atomic E-state index is 5.38. The third kappa shape index (κ3) is 7.60. The molecule has 0 bridgehead atoms. The quantitative estimate of drug-likeness (QED) is 0.112. The summed E-state index contributed by atoms with van der Waals surface area (Å²) in [5, 5.41) is 15.1. The number of nitrogens with zero attached hydrogens (tertiary/aromatic N) is 3.